The van der Waals surface area contributed by atoms with Crippen LogP contribution in [0.1, 0.15) is 0 Å². The lowest BCUT2D eigenvalue weighted by atomic mass is 10.0. The van der Waals surface area contributed by atoms with Gasteiger partial charge < -0.3 is 0 Å². The lowest BCUT2D eigenvalue weighted by Crippen LogP contribution is -2.13. The zero-order valence-electron chi connectivity index (χ0n) is 11.4. The van der Waals surface area contributed by atoms with Crippen molar-refractivity contribution in [3.8, 4) is 0 Å². The van der Waals surface area contributed by atoms with Gasteiger partial charge >= 0.3 is 0 Å². The fourth-order valence-corrected chi connectivity index (χ4v) is 3.75. The smallest absolute Gasteiger partial charge is 0.264 e. The number of aromatic nitrogens is 2. The van der Waals surface area contributed by atoms with E-state index < -0.39 is 0 Å². The van der Waals surface area contributed by atoms with E-state index in [1.54, 1.807) is 4.40 Å². The van der Waals surface area contributed by atoms with Gasteiger partial charge in [0.15, 0.2) is 0 Å². The summed E-state index contributed by atoms with van der Waals surface area (Å²) in [6, 6.07) is 17.7. The maximum atomic E-state index is 13.0. The summed E-state index contributed by atoms with van der Waals surface area (Å²) in [5.74, 6) is 0. The lowest BCUT2D eigenvalue weighted by molar-refractivity contribution is 1.19. The summed E-state index contributed by atoms with van der Waals surface area (Å²) >= 11 is 3.56. The molecular weight excluding hydrogens is 340 g/mol. The molecule has 2 heterocycles. The normalized spacial score (nSPS) is 12.0. The van der Waals surface area contributed by atoms with E-state index >= 15 is 0 Å². The van der Waals surface area contributed by atoms with E-state index in [0.717, 1.165) is 42.7 Å². The molecule has 2 aromatic heterocycles. The standard InChI is InChI=1S/C18H9BrN2O/c19-11-8-10-4-3-5-12-16(10)13(9-11)17-20-14-6-1-2-7-15(14)21(17)18(12)22/h1-9H. The second-order valence-corrected chi connectivity index (χ2v) is 6.34. The average molecular weight is 349 g/mol. The molecule has 3 aromatic carbocycles. The van der Waals surface area contributed by atoms with Crippen LogP contribution in [0.15, 0.2) is 63.9 Å². The van der Waals surface area contributed by atoms with Crippen molar-refractivity contribution < 1.29 is 0 Å². The van der Waals surface area contributed by atoms with Crippen molar-refractivity contribution in [1.29, 1.82) is 0 Å². The zero-order valence-corrected chi connectivity index (χ0v) is 13.0. The molecule has 0 spiro atoms. The molecule has 0 aliphatic rings. The molecule has 0 aliphatic heterocycles. The molecule has 5 aromatic rings. The summed E-state index contributed by atoms with van der Waals surface area (Å²) < 4.78 is 2.71. The number of rotatable bonds is 0. The van der Waals surface area contributed by atoms with Gasteiger partial charge in [0, 0.05) is 20.6 Å². The first-order valence-electron chi connectivity index (χ1n) is 6.99. The summed E-state index contributed by atoms with van der Waals surface area (Å²) in [5.41, 5.74) is 2.40. The number of pyridine rings is 1. The third-order valence-electron chi connectivity index (χ3n) is 4.18. The lowest BCUT2D eigenvalue weighted by Gasteiger charge is -2.07. The Hall–Kier alpha value is -2.46. The van der Waals surface area contributed by atoms with Crippen LogP contribution in [0, 0.1) is 0 Å². The quantitative estimate of drug-likeness (QED) is 0.416. The van der Waals surface area contributed by atoms with Crippen LogP contribution >= 0.6 is 15.9 Å². The average Bonchev–Trinajstić information content (AvgIpc) is 2.91. The molecule has 0 N–H and O–H groups in total. The summed E-state index contributed by atoms with van der Waals surface area (Å²) in [7, 11) is 0. The minimum absolute atomic E-state index is 0.0101. The summed E-state index contributed by atoms with van der Waals surface area (Å²) in [5, 5.41) is 3.76. The van der Waals surface area contributed by atoms with Gasteiger partial charge in [0.25, 0.3) is 5.56 Å². The maximum absolute atomic E-state index is 13.0. The van der Waals surface area contributed by atoms with Gasteiger partial charge in [0.2, 0.25) is 0 Å². The first-order valence-corrected chi connectivity index (χ1v) is 7.78. The number of fused-ring (bicyclic) bond motifs is 4. The van der Waals surface area contributed by atoms with Crippen LogP contribution in [-0.4, -0.2) is 9.38 Å². The fourth-order valence-electron chi connectivity index (χ4n) is 3.28. The minimum atomic E-state index is -0.0101. The van der Waals surface area contributed by atoms with Crippen molar-refractivity contribution in [3.63, 3.8) is 0 Å². The summed E-state index contributed by atoms with van der Waals surface area (Å²) in [6.07, 6.45) is 0. The van der Waals surface area contributed by atoms with Gasteiger partial charge in [-0.15, -0.1) is 0 Å². The number of hydrogen-bond acceptors (Lipinski definition) is 2. The van der Waals surface area contributed by atoms with E-state index in [4.69, 9.17) is 4.98 Å². The Morgan fingerprint density at radius 3 is 2.73 bits per heavy atom. The molecule has 22 heavy (non-hydrogen) atoms. The molecule has 0 amide bonds. The van der Waals surface area contributed by atoms with E-state index in [2.05, 4.69) is 15.9 Å². The highest BCUT2D eigenvalue weighted by Gasteiger charge is 2.15. The summed E-state index contributed by atoms with van der Waals surface area (Å²) in [4.78, 5) is 17.7. The first-order chi connectivity index (χ1) is 10.7. The number of imidazole rings is 1. The van der Waals surface area contributed by atoms with Gasteiger partial charge in [0.05, 0.1) is 11.0 Å². The molecule has 0 unspecified atom stereocenters. The second kappa shape index (κ2) is 4.05. The van der Waals surface area contributed by atoms with Crippen molar-refractivity contribution in [2.45, 2.75) is 0 Å². The predicted octanol–water partition coefficient (Wildman–Crippen LogP) is 4.35. The molecule has 3 nitrogen and oxygen atoms in total. The van der Waals surface area contributed by atoms with Crippen LogP contribution in [-0.2, 0) is 0 Å². The van der Waals surface area contributed by atoms with Crippen LogP contribution in [0.3, 0.4) is 0 Å². The molecule has 0 saturated carbocycles. The van der Waals surface area contributed by atoms with E-state index in [0.29, 0.717) is 0 Å². The van der Waals surface area contributed by atoms with Crippen LogP contribution in [0.2, 0.25) is 0 Å². The van der Waals surface area contributed by atoms with Gasteiger partial charge in [0.1, 0.15) is 5.65 Å². The van der Waals surface area contributed by atoms with E-state index in [1.165, 1.54) is 0 Å². The first kappa shape index (κ1) is 12.1. The molecule has 0 atom stereocenters. The number of halogens is 1. The predicted molar refractivity (Wildman–Crippen MR) is 92.9 cm³/mol. The van der Waals surface area contributed by atoms with E-state index in [9.17, 15) is 4.79 Å². The molecule has 0 aliphatic carbocycles. The molecular formula is C18H9BrN2O. The molecule has 5 rings (SSSR count). The Balaban J connectivity index is 2.26. The van der Waals surface area contributed by atoms with Gasteiger partial charge in [-0.3, -0.25) is 9.20 Å². The molecule has 0 fully saturated rings. The van der Waals surface area contributed by atoms with Crippen molar-refractivity contribution in [2.24, 2.45) is 0 Å². The van der Waals surface area contributed by atoms with Crippen LogP contribution in [0.25, 0.3) is 38.2 Å². The third kappa shape index (κ3) is 1.40. The van der Waals surface area contributed by atoms with Crippen molar-refractivity contribution in [1.82, 2.24) is 9.38 Å². The van der Waals surface area contributed by atoms with E-state index in [-0.39, 0.29) is 5.56 Å². The Bertz CT molecular complexity index is 1260. The molecule has 0 bridgehead atoms. The van der Waals surface area contributed by atoms with Crippen LogP contribution < -0.4 is 5.56 Å². The van der Waals surface area contributed by atoms with Crippen molar-refractivity contribution >= 4 is 54.2 Å². The number of nitrogens with zero attached hydrogens (tertiary/aromatic N) is 2. The third-order valence-corrected chi connectivity index (χ3v) is 4.63. The molecule has 0 radical (unpaired) electrons. The highest BCUT2D eigenvalue weighted by molar-refractivity contribution is 9.10. The molecule has 0 saturated heterocycles. The SMILES string of the molecule is O=c1c2cccc3cc(Br)cc(c32)c2nc3ccccc3n12. The zero-order chi connectivity index (χ0) is 14.8. The summed E-state index contributed by atoms with van der Waals surface area (Å²) in [6.45, 7) is 0. The van der Waals surface area contributed by atoms with Gasteiger partial charge in [-0.1, -0.05) is 40.2 Å². The number of hydrogen-bond donors (Lipinski definition) is 0. The monoisotopic (exact) mass is 348 g/mol. The van der Waals surface area contributed by atoms with Gasteiger partial charge in [-0.2, -0.15) is 0 Å². The molecule has 104 valence electrons. The van der Waals surface area contributed by atoms with Crippen LogP contribution in [0.5, 0.6) is 0 Å². The van der Waals surface area contributed by atoms with Gasteiger partial charge in [-0.05, 0) is 35.7 Å². The second-order valence-electron chi connectivity index (χ2n) is 5.42. The van der Waals surface area contributed by atoms with Crippen molar-refractivity contribution in [3.05, 3.63) is 69.4 Å². The molecule has 4 heteroatoms. The van der Waals surface area contributed by atoms with E-state index in [1.807, 2.05) is 54.6 Å². The number of para-hydroxylation sites is 2. The Kier molecular flexibility index (Phi) is 2.23. The fraction of sp³-hybridized carbons (Fsp3) is 0. The van der Waals surface area contributed by atoms with Crippen LogP contribution in [0.4, 0.5) is 0 Å². The Labute approximate surface area is 133 Å². The largest absolute Gasteiger partial charge is 0.268 e. The maximum Gasteiger partial charge on any atom is 0.264 e. The number of benzene rings is 3. The topological polar surface area (TPSA) is 34.4 Å². The highest BCUT2D eigenvalue weighted by Crippen LogP contribution is 2.32. The van der Waals surface area contributed by atoms with Gasteiger partial charge in [-0.25, -0.2) is 4.98 Å². The van der Waals surface area contributed by atoms with Crippen molar-refractivity contribution in [2.75, 3.05) is 0 Å². The minimum Gasteiger partial charge on any atom is -0.268 e. The Morgan fingerprint density at radius 2 is 1.82 bits per heavy atom. The Morgan fingerprint density at radius 1 is 0.955 bits per heavy atom. The highest BCUT2D eigenvalue weighted by atomic mass is 79.9.